The lowest BCUT2D eigenvalue weighted by atomic mass is 10.0. The van der Waals surface area contributed by atoms with E-state index in [-0.39, 0.29) is 10.2 Å². The van der Waals surface area contributed by atoms with Crippen LogP contribution in [0.15, 0.2) is 24.3 Å². The van der Waals surface area contributed by atoms with Gasteiger partial charge in [0, 0.05) is 21.6 Å². The van der Waals surface area contributed by atoms with Crippen LogP contribution in [0, 0.1) is 0 Å². The molecule has 0 saturated heterocycles. The quantitative estimate of drug-likeness (QED) is 0.441. The number of rotatable bonds is 6. The van der Waals surface area contributed by atoms with Crippen molar-refractivity contribution in [3.8, 4) is 0 Å². The van der Waals surface area contributed by atoms with Gasteiger partial charge in [-0.1, -0.05) is 60.1 Å². The molecule has 2 aliphatic carbocycles. The Morgan fingerprint density at radius 2 is 0.962 bits per heavy atom. The molecule has 2 aliphatic rings. The molecule has 0 bridgehead atoms. The second kappa shape index (κ2) is 11.1. The van der Waals surface area contributed by atoms with E-state index in [2.05, 4.69) is 0 Å². The van der Waals surface area contributed by atoms with Gasteiger partial charge in [0.15, 0.2) is 0 Å². The molecular weight excluding hydrogens is 400 g/mol. The van der Waals surface area contributed by atoms with Crippen molar-refractivity contribution >= 4 is 53.4 Å². The summed E-state index contributed by atoms with van der Waals surface area (Å²) in [5, 5.41) is 1.44. The van der Waals surface area contributed by atoms with Gasteiger partial charge in [-0.3, -0.25) is 9.59 Å². The van der Waals surface area contributed by atoms with Crippen LogP contribution < -0.4 is 0 Å². The van der Waals surface area contributed by atoms with E-state index in [1.165, 1.54) is 85.8 Å². The second-order valence-corrected chi connectivity index (χ2v) is 12.0. The molecule has 0 aliphatic heterocycles. The predicted octanol–water partition coefficient (Wildman–Crippen LogP) is 7.40. The van der Waals surface area contributed by atoms with Gasteiger partial charge in [-0.2, -0.15) is 0 Å². The Kier molecular flexibility index (Phi) is 8.82. The van der Waals surface area contributed by atoms with E-state index in [0.717, 1.165) is 0 Å². The van der Waals surface area contributed by atoms with Crippen LogP contribution in [0.4, 0.5) is 0 Å². The zero-order valence-corrected chi connectivity index (χ0v) is 18.3. The summed E-state index contributed by atoms with van der Waals surface area (Å²) in [6, 6.07) is 7.21. The summed E-state index contributed by atoms with van der Waals surface area (Å²) < 4.78 is 0. The lowest BCUT2D eigenvalue weighted by Crippen LogP contribution is -2.07. The molecule has 0 aromatic heterocycles. The van der Waals surface area contributed by atoms with Crippen LogP contribution in [0.2, 0.25) is 0 Å². The highest BCUT2D eigenvalue weighted by atomic mass is 33.1. The third-order valence-corrected chi connectivity index (χ3v) is 10.6. The van der Waals surface area contributed by atoms with Gasteiger partial charge >= 0.3 is 0 Å². The first-order chi connectivity index (χ1) is 12.7. The van der Waals surface area contributed by atoms with Crippen molar-refractivity contribution in [1.82, 2.24) is 0 Å². The van der Waals surface area contributed by atoms with E-state index < -0.39 is 0 Å². The Balaban J connectivity index is 1.44. The summed E-state index contributed by atoms with van der Waals surface area (Å²) in [4.78, 5) is 24.7. The van der Waals surface area contributed by atoms with E-state index in [0.29, 0.717) is 21.6 Å². The third-order valence-electron chi connectivity index (χ3n) is 4.98. The molecule has 142 valence electrons. The highest BCUT2D eigenvalue weighted by Crippen LogP contribution is 2.39. The predicted molar refractivity (Wildman–Crippen MR) is 119 cm³/mol. The van der Waals surface area contributed by atoms with Crippen LogP contribution in [-0.2, 0) is 0 Å². The Morgan fingerprint density at radius 1 is 0.615 bits per heavy atom. The third kappa shape index (κ3) is 6.54. The summed E-state index contributed by atoms with van der Waals surface area (Å²) in [6.07, 6.45) is 12.8. The molecule has 3 rings (SSSR count). The van der Waals surface area contributed by atoms with Gasteiger partial charge in [-0.15, -0.1) is 0 Å². The molecular formula is C20H26O2S4. The maximum atomic E-state index is 12.3. The van der Waals surface area contributed by atoms with E-state index in [4.69, 9.17) is 0 Å². The molecule has 0 radical (unpaired) electrons. The van der Waals surface area contributed by atoms with E-state index in [1.807, 2.05) is 0 Å². The normalized spacial score (nSPS) is 19.4. The summed E-state index contributed by atoms with van der Waals surface area (Å²) >= 11 is 0. The number of benzene rings is 1. The molecule has 2 fully saturated rings. The molecule has 2 nitrogen and oxygen atoms in total. The Bertz CT molecular complexity index is 537. The average molecular weight is 427 g/mol. The maximum absolute atomic E-state index is 12.3. The second-order valence-electron chi connectivity index (χ2n) is 7.03. The number of hydrogen-bond acceptors (Lipinski definition) is 6. The van der Waals surface area contributed by atoms with Crippen molar-refractivity contribution in [3.63, 3.8) is 0 Å². The average Bonchev–Trinajstić information content (AvgIpc) is 2.72. The SMILES string of the molecule is O=C(SSC1CCCCC1)c1ccc(C(=O)SSC2CCCCC2)cc1. The van der Waals surface area contributed by atoms with Crippen LogP contribution in [0.5, 0.6) is 0 Å². The number of carbonyl (C=O) groups is 2. The Morgan fingerprint density at radius 3 is 1.31 bits per heavy atom. The van der Waals surface area contributed by atoms with Gasteiger partial charge in [-0.05, 0) is 71.5 Å². The van der Waals surface area contributed by atoms with Gasteiger partial charge in [0.25, 0.3) is 0 Å². The molecule has 1 aromatic rings. The molecule has 0 N–H and O–H groups in total. The van der Waals surface area contributed by atoms with Crippen molar-refractivity contribution in [1.29, 1.82) is 0 Å². The Labute approximate surface area is 172 Å². The topological polar surface area (TPSA) is 34.1 Å². The molecule has 2 saturated carbocycles. The van der Waals surface area contributed by atoms with Crippen molar-refractivity contribution in [2.75, 3.05) is 0 Å². The van der Waals surface area contributed by atoms with Crippen molar-refractivity contribution in [2.24, 2.45) is 0 Å². The molecule has 0 spiro atoms. The summed E-state index contributed by atoms with van der Waals surface area (Å²) in [7, 11) is 6.18. The summed E-state index contributed by atoms with van der Waals surface area (Å²) in [5.74, 6) is 0. The van der Waals surface area contributed by atoms with Gasteiger partial charge in [0.05, 0.1) is 0 Å². The fraction of sp³-hybridized carbons (Fsp3) is 0.600. The van der Waals surface area contributed by atoms with E-state index >= 15 is 0 Å². The first-order valence-corrected chi connectivity index (χ1v) is 14.0. The zero-order valence-electron chi connectivity index (χ0n) is 15.0. The molecule has 0 unspecified atom stereocenters. The van der Waals surface area contributed by atoms with E-state index in [9.17, 15) is 9.59 Å². The van der Waals surface area contributed by atoms with Gasteiger partial charge in [0.2, 0.25) is 10.2 Å². The largest absolute Gasteiger partial charge is 0.281 e. The van der Waals surface area contributed by atoms with E-state index in [1.54, 1.807) is 45.9 Å². The smallest absolute Gasteiger partial charge is 0.229 e. The minimum atomic E-state index is 0.101. The van der Waals surface area contributed by atoms with Crippen molar-refractivity contribution in [2.45, 2.75) is 74.7 Å². The highest BCUT2D eigenvalue weighted by molar-refractivity contribution is 8.82. The monoisotopic (exact) mass is 426 g/mol. The van der Waals surface area contributed by atoms with Crippen molar-refractivity contribution in [3.05, 3.63) is 35.4 Å². The molecule has 1 aromatic carbocycles. The summed E-state index contributed by atoms with van der Waals surface area (Å²) in [5.41, 5.74) is 1.39. The fourth-order valence-corrected chi connectivity index (χ4v) is 8.42. The lowest BCUT2D eigenvalue weighted by molar-refractivity contribution is 0.108. The van der Waals surface area contributed by atoms with Crippen LogP contribution >= 0.6 is 43.2 Å². The molecule has 6 heteroatoms. The van der Waals surface area contributed by atoms with Crippen molar-refractivity contribution < 1.29 is 9.59 Å². The zero-order chi connectivity index (χ0) is 18.2. The molecule has 0 amide bonds. The molecule has 0 heterocycles. The maximum Gasteiger partial charge on any atom is 0.229 e. The van der Waals surface area contributed by atoms with Crippen LogP contribution in [0.3, 0.4) is 0 Å². The first kappa shape index (κ1) is 20.7. The fourth-order valence-electron chi connectivity index (χ4n) is 3.38. The molecule has 0 atom stereocenters. The first-order valence-electron chi connectivity index (χ1n) is 9.58. The minimum Gasteiger partial charge on any atom is -0.281 e. The lowest BCUT2D eigenvalue weighted by Gasteiger charge is -2.19. The number of carbonyl (C=O) groups excluding carboxylic acids is 2. The van der Waals surface area contributed by atoms with Crippen LogP contribution in [0.25, 0.3) is 0 Å². The van der Waals surface area contributed by atoms with Gasteiger partial charge in [-0.25, -0.2) is 0 Å². The van der Waals surface area contributed by atoms with Crippen LogP contribution in [0.1, 0.15) is 84.9 Å². The van der Waals surface area contributed by atoms with Gasteiger partial charge < -0.3 is 0 Å². The minimum absolute atomic E-state index is 0.101. The standard InChI is InChI=1S/C20H26O2S4/c21-19(25-23-17-7-3-1-4-8-17)15-11-13-16(14-12-15)20(22)26-24-18-9-5-2-6-10-18/h11-14,17-18H,1-10H2. The van der Waals surface area contributed by atoms with Crippen LogP contribution in [-0.4, -0.2) is 20.7 Å². The Hall–Kier alpha value is -0.0400. The highest BCUT2D eigenvalue weighted by Gasteiger charge is 2.19. The van der Waals surface area contributed by atoms with Gasteiger partial charge in [0.1, 0.15) is 0 Å². The number of hydrogen-bond donors (Lipinski definition) is 0. The molecule has 26 heavy (non-hydrogen) atoms. The summed E-state index contributed by atoms with van der Waals surface area (Å²) in [6.45, 7) is 0.